The fraction of sp³-hybridized carbons (Fsp3) is 0.348. The Bertz CT molecular complexity index is 988. The molecular formula is C23H27N3O5S. The fourth-order valence-electron chi connectivity index (χ4n) is 3.08. The SMILES string of the molecule is COc1ccc(NC(=O)C2CSCN2C(=O)c2cccc(NC(=O)OC(C)(C)C)c2)cc1. The summed E-state index contributed by atoms with van der Waals surface area (Å²) in [7, 11) is 1.57. The zero-order chi connectivity index (χ0) is 23.3. The summed E-state index contributed by atoms with van der Waals surface area (Å²) in [4.78, 5) is 39.5. The molecule has 32 heavy (non-hydrogen) atoms. The molecule has 0 radical (unpaired) electrons. The molecule has 1 aliphatic heterocycles. The van der Waals surface area contributed by atoms with Crippen molar-refractivity contribution in [1.82, 2.24) is 4.90 Å². The van der Waals surface area contributed by atoms with Crippen molar-refractivity contribution in [2.75, 3.05) is 29.4 Å². The minimum atomic E-state index is -0.630. The summed E-state index contributed by atoms with van der Waals surface area (Å²) in [5.74, 6) is 1.07. The summed E-state index contributed by atoms with van der Waals surface area (Å²) >= 11 is 1.51. The number of carbonyl (C=O) groups excluding carboxylic acids is 3. The number of carbonyl (C=O) groups is 3. The molecule has 9 heteroatoms. The quantitative estimate of drug-likeness (QED) is 0.699. The van der Waals surface area contributed by atoms with Crippen LogP contribution < -0.4 is 15.4 Å². The van der Waals surface area contributed by atoms with Gasteiger partial charge in [-0.1, -0.05) is 6.07 Å². The predicted molar refractivity (Wildman–Crippen MR) is 125 cm³/mol. The number of rotatable bonds is 5. The van der Waals surface area contributed by atoms with Gasteiger partial charge in [0.25, 0.3) is 5.91 Å². The molecule has 2 aromatic rings. The molecule has 1 saturated heterocycles. The molecule has 3 amide bonds. The van der Waals surface area contributed by atoms with E-state index in [1.807, 2.05) is 0 Å². The van der Waals surface area contributed by atoms with Crippen molar-refractivity contribution in [3.05, 3.63) is 54.1 Å². The zero-order valence-electron chi connectivity index (χ0n) is 18.5. The second-order valence-corrected chi connectivity index (χ2v) is 9.22. The molecule has 1 heterocycles. The van der Waals surface area contributed by atoms with Gasteiger partial charge >= 0.3 is 6.09 Å². The van der Waals surface area contributed by atoms with Crippen LogP contribution in [0.5, 0.6) is 5.75 Å². The molecule has 0 spiro atoms. The lowest BCUT2D eigenvalue weighted by Crippen LogP contribution is -2.44. The van der Waals surface area contributed by atoms with Crippen LogP contribution in [0.4, 0.5) is 16.2 Å². The third kappa shape index (κ3) is 6.16. The van der Waals surface area contributed by atoms with E-state index in [0.717, 1.165) is 0 Å². The highest BCUT2D eigenvalue weighted by molar-refractivity contribution is 7.99. The number of methoxy groups -OCH3 is 1. The van der Waals surface area contributed by atoms with Crippen LogP contribution in [0.2, 0.25) is 0 Å². The van der Waals surface area contributed by atoms with Gasteiger partial charge in [-0.2, -0.15) is 0 Å². The fourth-order valence-corrected chi connectivity index (χ4v) is 4.23. The Kier molecular flexibility index (Phi) is 7.29. The number of hydrogen-bond donors (Lipinski definition) is 2. The lowest BCUT2D eigenvalue weighted by molar-refractivity contribution is -0.119. The Morgan fingerprint density at radius 2 is 1.75 bits per heavy atom. The van der Waals surface area contributed by atoms with Gasteiger partial charge in [0.2, 0.25) is 5.91 Å². The summed E-state index contributed by atoms with van der Waals surface area (Å²) in [5.41, 5.74) is 0.817. The van der Waals surface area contributed by atoms with E-state index in [9.17, 15) is 14.4 Å². The van der Waals surface area contributed by atoms with Crippen LogP contribution in [-0.2, 0) is 9.53 Å². The van der Waals surface area contributed by atoms with Crippen LogP contribution in [0.1, 0.15) is 31.1 Å². The van der Waals surface area contributed by atoms with E-state index < -0.39 is 17.7 Å². The second kappa shape index (κ2) is 9.95. The number of ether oxygens (including phenoxy) is 2. The van der Waals surface area contributed by atoms with Gasteiger partial charge in [0, 0.05) is 22.7 Å². The average molecular weight is 458 g/mol. The lowest BCUT2D eigenvalue weighted by Gasteiger charge is -2.23. The first-order valence-electron chi connectivity index (χ1n) is 10.1. The molecular weight excluding hydrogens is 430 g/mol. The Balaban J connectivity index is 1.68. The zero-order valence-corrected chi connectivity index (χ0v) is 19.3. The predicted octanol–water partition coefficient (Wildman–Crippen LogP) is 4.20. The average Bonchev–Trinajstić information content (AvgIpc) is 3.22. The maximum atomic E-state index is 13.1. The van der Waals surface area contributed by atoms with Crippen molar-refractivity contribution in [1.29, 1.82) is 0 Å². The van der Waals surface area contributed by atoms with Gasteiger partial charge in [0.05, 0.1) is 13.0 Å². The highest BCUT2D eigenvalue weighted by Gasteiger charge is 2.35. The van der Waals surface area contributed by atoms with E-state index in [-0.39, 0.29) is 11.8 Å². The molecule has 0 saturated carbocycles. The van der Waals surface area contributed by atoms with E-state index in [1.54, 1.807) is 76.4 Å². The molecule has 1 unspecified atom stereocenters. The van der Waals surface area contributed by atoms with Crippen molar-refractivity contribution in [2.24, 2.45) is 0 Å². The Hall–Kier alpha value is -3.20. The maximum Gasteiger partial charge on any atom is 0.412 e. The van der Waals surface area contributed by atoms with Gasteiger partial charge < -0.3 is 19.7 Å². The van der Waals surface area contributed by atoms with Crippen LogP contribution >= 0.6 is 11.8 Å². The van der Waals surface area contributed by atoms with Crippen molar-refractivity contribution in [3.63, 3.8) is 0 Å². The Morgan fingerprint density at radius 1 is 1.03 bits per heavy atom. The minimum Gasteiger partial charge on any atom is -0.497 e. The minimum absolute atomic E-state index is 0.253. The van der Waals surface area contributed by atoms with Gasteiger partial charge in [0.1, 0.15) is 17.4 Å². The van der Waals surface area contributed by atoms with Gasteiger partial charge in [-0.3, -0.25) is 14.9 Å². The third-order valence-corrected chi connectivity index (χ3v) is 5.57. The molecule has 2 aromatic carbocycles. The van der Waals surface area contributed by atoms with Crippen molar-refractivity contribution in [2.45, 2.75) is 32.4 Å². The first-order valence-corrected chi connectivity index (χ1v) is 11.3. The summed E-state index contributed by atoms with van der Waals surface area (Å²) < 4.78 is 10.4. The van der Waals surface area contributed by atoms with Crippen LogP contribution in [0.3, 0.4) is 0 Å². The largest absolute Gasteiger partial charge is 0.497 e. The topological polar surface area (TPSA) is 97.0 Å². The number of thioether (sulfide) groups is 1. The number of amides is 3. The van der Waals surface area contributed by atoms with Gasteiger partial charge in [-0.25, -0.2) is 4.79 Å². The number of anilines is 2. The number of nitrogens with one attached hydrogen (secondary N) is 2. The van der Waals surface area contributed by atoms with E-state index >= 15 is 0 Å². The molecule has 0 aromatic heterocycles. The molecule has 8 nitrogen and oxygen atoms in total. The molecule has 2 N–H and O–H groups in total. The van der Waals surface area contributed by atoms with E-state index in [4.69, 9.17) is 9.47 Å². The number of hydrogen-bond acceptors (Lipinski definition) is 6. The highest BCUT2D eigenvalue weighted by Crippen LogP contribution is 2.26. The monoisotopic (exact) mass is 457 g/mol. The maximum absolute atomic E-state index is 13.1. The van der Waals surface area contributed by atoms with Crippen LogP contribution in [0.25, 0.3) is 0 Å². The van der Waals surface area contributed by atoms with Crippen LogP contribution in [-0.4, -0.2) is 53.2 Å². The third-order valence-electron chi connectivity index (χ3n) is 4.56. The first-order chi connectivity index (χ1) is 15.2. The first kappa shape index (κ1) is 23.5. The second-order valence-electron chi connectivity index (χ2n) is 8.22. The highest BCUT2D eigenvalue weighted by atomic mass is 32.2. The molecule has 0 bridgehead atoms. The molecule has 1 fully saturated rings. The van der Waals surface area contributed by atoms with E-state index in [2.05, 4.69) is 10.6 Å². The summed E-state index contributed by atoms with van der Waals surface area (Å²) in [6.45, 7) is 5.32. The summed E-state index contributed by atoms with van der Waals surface area (Å²) in [6.07, 6.45) is -0.601. The Morgan fingerprint density at radius 3 is 2.41 bits per heavy atom. The summed E-state index contributed by atoms with van der Waals surface area (Å²) in [5, 5.41) is 5.49. The number of nitrogens with zero attached hydrogens (tertiary/aromatic N) is 1. The van der Waals surface area contributed by atoms with Crippen molar-refractivity contribution < 1.29 is 23.9 Å². The van der Waals surface area contributed by atoms with E-state index in [0.29, 0.717) is 34.3 Å². The van der Waals surface area contributed by atoms with Crippen LogP contribution in [0, 0.1) is 0 Å². The van der Waals surface area contributed by atoms with Crippen molar-refractivity contribution >= 4 is 41.0 Å². The van der Waals surface area contributed by atoms with Crippen LogP contribution in [0.15, 0.2) is 48.5 Å². The van der Waals surface area contributed by atoms with Gasteiger partial charge in [-0.05, 0) is 63.2 Å². The normalized spacial score (nSPS) is 15.8. The molecule has 1 aliphatic rings. The standard InChI is InChI=1S/C23H27N3O5S/c1-23(2,3)31-22(29)25-17-7-5-6-15(12-17)21(28)26-14-32-13-19(26)20(27)24-16-8-10-18(30-4)11-9-16/h5-12,19H,13-14H2,1-4H3,(H,24,27)(H,25,29). The molecule has 0 aliphatic carbocycles. The lowest BCUT2D eigenvalue weighted by atomic mass is 10.1. The van der Waals surface area contributed by atoms with Gasteiger partial charge in [-0.15, -0.1) is 11.8 Å². The molecule has 1 atom stereocenters. The van der Waals surface area contributed by atoms with E-state index in [1.165, 1.54) is 16.7 Å². The molecule has 170 valence electrons. The van der Waals surface area contributed by atoms with Crippen molar-refractivity contribution in [3.8, 4) is 5.75 Å². The smallest absolute Gasteiger partial charge is 0.412 e. The Labute approximate surface area is 191 Å². The van der Waals surface area contributed by atoms with Gasteiger partial charge in [0.15, 0.2) is 0 Å². The number of benzene rings is 2. The molecule has 3 rings (SSSR count). The summed E-state index contributed by atoms with van der Waals surface area (Å²) in [6, 6.07) is 13.0.